The highest BCUT2D eigenvalue weighted by Gasteiger charge is 2.19. The summed E-state index contributed by atoms with van der Waals surface area (Å²) in [5.74, 6) is -0.0421. The smallest absolute Gasteiger partial charge is 0.255 e. The number of amides is 1. The largest absolute Gasteiger partial charge is 0.482 e. The molecule has 3 N–H and O–H groups in total. The molecule has 2 aromatic rings. The minimum absolute atomic E-state index is 0.170. The molecule has 0 radical (unpaired) electrons. The molecule has 1 heterocycles. The van der Waals surface area contributed by atoms with Crippen molar-refractivity contribution in [2.24, 2.45) is 5.73 Å². The van der Waals surface area contributed by atoms with Crippen molar-refractivity contribution in [1.82, 2.24) is 5.32 Å². The Morgan fingerprint density at radius 1 is 1.26 bits per heavy atom. The topological polar surface area (TPSA) is 67.6 Å². The second kappa shape index (κ2) is 9.11. The van der Waals surface area contributed by atoms with Crippen LogP contribution in [0.3, 0.4) is 0 Å². The number of rotatable bonds is 7. The van der Waals surface area contributed by atoms with Gasteiger partial charge >= 0.3 is 0 Å². The van der Waals surface area contributed by atoms with Gasteiger partial charge in [-0.3, -0.25) is 4.79 Å². The third-order valence-corrected chi connectivity index (χ3v) is 5.12. The summed E-state index contributed by atoms with van der Waals surface area (Å²) in [4.78, 5) is 13.3. The van der Waals surface area contributed by atoms with Crippen LogP contribution in [0.2, 0.25) is 5.02 Å². The number of hydrogen-bond donors (Lipinski definition) is 2. The van der Waals surface area contributed by atoms with Gasteiger partial charge in [0.15, 0.2) is 6.61 Å². The van der Waals surface area contributed by atoms with Gasteiger partial charge in [0.1, 0.15) is 5.75 Å². The third-order valence-electron chi connectivity index (χ3n) is 4.82. The van der Waals surface area contributed by atoms with Gasteiger partial charge in [0.05, 0.1) is 5.02 Å². The number of halogens is 1. The molecule has 0 aromatic heterocycles. The van der Waals surface area contributed by atoms with Crippen LogP contribution in [-0.4, -0.2) is 31.6 Å². The molecule has 0 atom stereocenters. The number of hydrogen-bond acceptors (Lipinski definition) is 4. The van der Waals surface area contributed by atoms with Crippen molar-refractivity contribution in [3.8, 4) is 5.75 Å². The first-order valence-corrected chi connectivity index (χ1v) is 9.63. The van der Waals surface area contributed by atoms with Crippen LogP contribution in [0.5, 0.6) is 5.75 Å². The van der Waals surface area contributed by atoms with Gasteiger partial charge in [-0.25, -0.2) is 0 Å². The third kappa shape index (κ3) is 5.62. The number of piperidine rings is 1. The van der Waals surface area contributed by atoms with E-state index in [0.29, 0.717) is 16.8 Å². The number of nitrogens with zero attached hydrogens (tertiary/aromatic N) is 1. The van der Waals surface area contributed by atoms with Crippen LogP contribution in [0.1, 0.15) is 24.0 Å². The number of anilines is 1. The number of benzene rings is 2. The Morgan fingerprint density at radius 3 is 2.70 bits per heavy atom. The zero-order valence-electron chi connectivity index (χ0n) is 15.6. The molecule has 0 aliphatic carbocycles. The summed E-state index contributed by atoms with van der Waals surface area (Å²) < 4.78 is 5.28. The van der Waals surface area contributed by atoms with Crippen LogP contribution < -0.4 is 20.7 Å². The predicted octanol–water partition coefficient (Wildman–Crippen LogP) is 3.27. The van der Waals surface area contributed by atoms with E-state index >= 15 is 0 Å². The fraction of sp³-hybridized carbons (Fsp3) is 0.381. The molecular formula is C21H26ClN3O2. The van der Waals surface area contributed by atoms with E-state index in [4.69, 9.17) is 22.1 Å². The number of nitrogens with two attached hydrogens (primary N) is 1. The first-order valence-electron chi connectivity index (χ1n) is 9.26. The molecular weight excluding hydrogens is 362 g/mol. The molecule has 0 unspecified atom stereocenters. The van der Waals surface area contributed by atoms with E-state index in [1.807, 2.05) is 12.1 Å². The monoisotopic (exact) mass is 387 g/mol. The maximum Gasteiger partial charge on any atom is 0.255 e. The quantitative estimate of drug-likeness (QED) is 0.765. The van der Waals surface area contributed by atoms with Crippen molar-refractivity contribution in [1.29, 1.82) is 0 Å². The standard InChI is InChI=1S/C21H26ClN3O2/c1-15-3-2-4-18(11-15)25-9-7-17(8-10-25)24-13-16-5-6-20(19(22)12-16)27-14-21(23)26/h2-6,11-12,17,24H,7-10,13-14H2,1H3,(H2,23,26). The summed E-state index contributed by atoms with van der Waals surface area (Å²) in [7, 11) is 0. The molecule has 1 aliphatic rings. The Balaban J connectivity index is 1.47. The van der Waals surface area contributed by atoms with Crippen molar-refractivity contribution >= 4 is 23.2 Å². The highest BCUT2D eigenvalue weighted by atomic mass is 35.5. The van der Waals surface area contributed by atoms with Gasteiger partial charge in [0.2, 0.25) is 0 Å². The van der Waals surface area contributed by atoms with Gasteiger partial charge in [-0.05, 0) is 55.2 Å². The summed E-state index contributed by atoms with van der Waals surface area (Å²) in [6.07, 6.45) is 2.23. The van der Waals surface area contributed by atoms with Crippen molar-refractivity contribution in [3.63, 3.8) is 0 Å². The van der Waals surface area contributed by atoms with Crippen molar-refractivity contribution in [2.45, 2.75) is 32.4 Å². The van der Waals surface area contributed by atoms with Gasteiger partial charge in [-0.2, -0.15) is 0 Å². The van der Waals surface area contributed by atoms with E-state index in [2.05, 4.69) is 41.4 Å². The van der Waals surface area contributed by atoms with Crippen LogP contribution in [0.15, 0.2) is 42.5 Å². The summed E-state index contributed by atoms with van der Waals surface area (Å²) in [5.41, 5.74) is 8.79. The molecule has 1 saturated heterocycles. The number of ether oxygens (including phenoxy) is 1. The summed E-state index contributed by atoms with van der Waals surface area (Å²) in [5, 5.41) is 4.11. The molecule has 0 bridgehead atoms. The minimum atomic E-state index is -0.520. The Hall–Kier alpha value is -2.24. The zero-order chi connectivity index (χ0) is 19.2. The number of primary amides is 1. The predicted molar refractivity (Wildman–Crippen MR) is 109 cm³/mol. The van der Waals surface area contributed by atoms with E-state index in [1.54, 1.807) is 6.07 Å². The van der Waals surface area contributed by atoms with Crippen LogP contribution in [-0.2, 0) is 11.3 Å². The van der Waals surface area contributed by atoms with E-state index in [0.717, 1.165) is 38.0 Å². The summed E-state index contributed by atoms with van der Waals surface area (Å²) in [6, 6.07) is 14.8. The second-order valence-electron chi connectivity index (χ2n) is 7.00. The highest BCUT2D eigenvalue weighted by molar-refractivity contribution is 6.32. The first-order chi connectivity index (χ1) is 13.0. The summed E-state index contributed by atoms with van der Waals surface area (Å²) >= 11 is 6.22. The van der Waals surface area contributed by atoms with Crippen LogP contribution in [0.4, 0.5) is 5.69 Å². The number of nitrogens with one attached hydrogen (secondary N) is 1. The van der Waals surface area contributed by atoms with E-state index in [1.165, 1.54) is 11.3 Å². The molecule has 6 heteroatoms. The number of carbonyl (C=O) groups is 1. The normalized spacial score (nSPS) is 15.0. The molecule has 0 spiro atoms. The van der Waals surface area contributed by atoms with E-state index in [9.17, 15) is 4.79 Å². The SMILES string of the molecule is Cc1cccc(N2CCC(NCc3ccc(OCC(N)=O)c(Cl)c3)CC2)c1. The Kier molecular flexibility index (Phi) is 6.58. The number of carbonyl (C=O) groups excluding carboxylic acids is 1. The van der Waals surface area contributed by atoms with Crippen molar-refractivity contribution in [2.75, 3.05) is 24.6 Å². The van der Waals surface area contributed by atoms with Crippen molar-refractivity contribution < 1.29 is 9.53 Å². The maximum atomic E-state index is 10.8. The second-order valence-corrected chi connectivity index (χ2v) is 7.41. The zero-order valence-corrected chi connectivity index (χ0v) is 16.3. The lowest BCUT2D eigenvalue weighted by atomic mass is 10.0. The lowest BCUT2D eigenvalue weighted by Crippen LogP contribution is -2.42. The van der Waals surface area contributed by atoms with Gasteiger partial charge in [0.25, 0.3) is 5.91 Å². The Bertz CT molecular complexity index is 789. The summed E-state index contributed by atoms with van der Waals surface area (Å²) in [6.45, 7) is 4.83. The average Bonchev–Trinajstić information content (AvgIpc) is 2.66. The van der Waals surface area contributed by atoms with Gasteiger partial charge in [-0.1, -0.05) is 29.8 Å². The Labute approximate surface area is 165 Å². The molecule has 144 valence electrons. The fourth-order valence-electron chi connectivity index (χ4n) is 3.35. The average molecular weight is 388 g/mol. The molecule has 3 rings (SSSR count). The van der Waals surface area contributed by atoms with Crippen molar-refractivity contribution in [3.05, 3.63) is 58.6 Å². The molecule has 5 nitrogen and oxygen atoms in total. The molecule has 1 amide bonds. The highest BCUT2D eigenvalue weighted by Crippen LogP contribution is 2.26. The van der Waals surface area contributed by atoms with Crippen LogP contribution in [0, 0.1) is 6.92 Å². The van der Waals surface area contributed by atoms with E-state index < -0.39 is 5.91 Å². The van der Waals surface area contributed by atoms with Gasteiger partial charge in [-0.15, -0.1) is 0 Å². The van der Waals surface area contributed by atoms with Crippen LogP contribution in [0.25, 0.3) is 0 Å². The maximum absolute atomic E-state index is 10.8. The first kappa shape index (κ1) is 19.5. The molecule has 0 saturated carbocycles. The minimum Gasteiger partial charge on any atom is -0.482 e. The molecule has 2 aromatic carbocycles. The lowest BCUT2D eigenvalue weighted by Gasteiger charge is -2.34. The fourth-order valence-corrected chi connectivity index (χ4v) is 3.61. The van der Waals surface area contributed by atoms with Crippen LogP contribution >= 0.6 is 11.6 Å². The number of aryl methyl sites for hydroxylation is 1. The van der Waals surface area contributed by atoms with E-state index in [-0.39, 0.29) is 6.61 Å². The lowest BCUT2D eigenvalue weighted by molar-refractivity contribution is -0.119. The molecule has 1 fully saturated rings. The molecule has 1 aliphatic heterocycles. The van der Waals surface area contributed by atoms with Gasteiger partial charge < -0.3 is 20.7 Å². The van der Waals surface area contributed by atoms with Gasteiger partial charge in [0, 0.05) is 31.4 Å². The Morgan fingerprint density at radius 2 is 2.04 bits per heavy atom. The molecule has 27 heavy (non-hydrogen) atoms.